The lowest BCUT2D eigenvalue weighted by Crippen LogP contribution is -2.29. The standard InChI is InChI=1S/C23H22ClN3O2S2/c24-18-9-2-1-7-17(18)8-5-10-19-22(28)27(23(29)31-19)14-3-4-16-30-21-12-6-11-20-25-13-15-26(20)21/h1-2,6-7,9-13,15H,3-5,8,14,16H2. The zero-order chi connectivity index (χ0) is 21.6. The van der Waals surface area contributed by atoms with Gasteiger partial charge in [0, 0.05) is 24.0 Å². The molecule has 1 aliphatic heterocycles. The van der Waals surface area contributed by atoms with Gasteiger partial charge in [-0.25, -0.2) is 4.98 Å². The average Bonchev–Trinajstić information content (AvgIpc) is 3.35. The molecule has 1 aromatic carbocycles. The second kappa shape index (κ2) is 10.4. The number of halogens is 1. The van der Waals surface area contributed by atoms with E-state index in [1.165, 1.54) is 4.90 Å². The number of unbranched alkanes of at least 4 members (excludes halogenated alkanes) is 1. The molecule has 160 valence electrons. The zero-order valence-corrected chi connectivity index (χ0v) is 19.3. The molecule has 31 heavy (non-hydrogen) atoms. The fraction of sp³-hybridized carbons (Fsp3) is 0.261. The van der Waals surface area contributed by atoms with E-state index in [9.17, 15) is 9.59 Å². The van der Waals surface area contributed by atoms with E-state index in [1.807, 2.05) is 48.7 Å². The first-order valence-electron chi connectivity index (χ1n) is 10.2. The van der Waals surface area contributed by atoms with Crippen LogP contribution < -0.4 is 0 Å². The summed E-state index contributed by atoms with van der Waals surface area (Å²) in [6.07, 6.45) is 8.73. The number of thioether (sulfide) groups is 2. The Hall–Kier alpha value is -2.22. The molecule has 5 nitrogen and oxygen atoms in total. The first kappa shape index (κ1) is 22.0. The highest BCUT2D eigenvalue weighted by molar-refractivity contribution is 8.18. The Balaban J connectivity index is 1.23. The van der Waals surface area contributed by atoms with Gasteiger partial charge in [0.25, 0.3) is 11.1 Å². The number of hydrogen-bond acceptors (Lipinski definition) is 5. The Kier molecular flexibility index (Phi) is 7.37. The first-order valence-corrected chi connectivity index (χ1v) is 12.3. The number of pyridine rings is 1. The molecule has 0 saturated carbocycles. The molecule has 1 fully saturated rings. The number of carbonyl (C=O) groups is 2. The molecule has 1 aliphatic rings. The molecule has 3 heterocycles. The normalized spacial score (nSPS) is 15.5. The van der Waals surface area contributed by atoms with Crippen molar-refractivity contribution in [3.05, 3.63) is 76.4 Å². The summed E-state index contributed by atoms with van der Waals surface area (Å²) < 4.78 is 2.06. The van der Waals surface area contributed by atoms with Gasteiger partial charge in [-0.3, -0.25) is 18.9 Å². The van der Waals surface area contributed by atoms with Crippen LogP contribution in [0.2, 0.25) is 5.02 Å². The van der Waals surface area contributed by atoms with E-state index in [4.69, 9.17) is 11.6 Å². The van der Waals surface area contributed by atoms with Gasteiger partial charge in [-0.1, -0.05) is 41.9 Å². The molecule has 3 aromatic rings. The number of aromatic nitrogens is 2. The van der Waals surface area contributed by atoms with Crippen LogP contribution in [0.5, 0.6) is 0 Å². The Morgan fingerprint density at radius 1 is 1.10 bits per heavy atom. The van der Waals surface area contributed by atoms with Crippen molar-refractivity contribution in [2.45, 2.75) is 30.7 Å². The molecule has 0 aliphatic carbocycles. The molecule has 8 heteroatoms. The van der Waals surface area contributed by atoms with Gasteiger partial charge in [0.2, 0.25) is 0 Å². The highest BCUT2D eigenvalue weighted by atomic mass is 35.5. The maximum absolute atomic E-state index is 12.6. The van der Waals surface area contributed by atoms with Crippen molar-refractivity contribution in [3.63, 3.8) is 0 Å². The van der Waals surface area contributed by atoms with E-state index in [1.54, 1.807) is 18.0 Å². The molecule has 4 rings (SSSR count). The molecule has 0 spiro atoms. The topological polar surface area (TPSA) is 54.7 Å². The molecule has 0 radical (unpaired) electrons. The molecule has 0 atom stereocenters. The van der Waals surface area contributed by atoms with Gasteiger partial charge in [-0.2, -0.15) is 0 Å². The maximum Gasteiger partial charge on any atom is 0.293 e. The smallest absolute Gasteiger partial charge is 0.293 e. The summed E-state index contributed by atoms with van der Waals surface area (Å²) in [4.78, 5) is 31.1. The predicted molar refractivity (Wildman–Crippen MR) is 128 cm³/mol. The van der Waals surface area contributed by atoms with Gasteiger partial charge in [0.05, 0.1) is 9.93 Å². The highest BCUT2D eigenvalue weighted by Gasteiger charge is 2.34. The Bertz CT molecular complexity index is 1130. The van der Waals surface area contributed by atoms with Crippen molar-refractivity contribution >= 4 is 51.9 Å². The van der Waals surface area contributed by atoms with E-state index in [0.29, 0.717) is 17.9 Å². The summed E-state index contributed by atoms with van der Waals surface area (Å²) in [5.74, 6) is 0.742. The van der Waals surface area contributed by atoms with Gasteiger partial charge in [-0.15, -0.1) is 11.8 Å². The van der Waals surface area contributed by atoms with Crippen LogP contribution in [0.25, 0.3) is 5.65 Å². The number of allylic oxidation sites excluding steroid dienone is 1. The summed E-state index contributed by atoms with van der Waals surface area (Å²) >= 11 is 8.97. The van der Waals surface area contributed by atoms with Gasteiger partial charge in [0.15, 0.2) is 0 Å². The largest absolute Gasteiger partial charge is 0.294 e. The summed E-state index contributed by atoms with van der Waals surface area (Å²) in [5, 5.41) is 1.69. The van der Waals surface area contributed by atoms with Gasteiger partial charge in [-0.05, 0) is 67.0 Å². The van der Waals surface area contributed by atoms with Crippen molar-refractivity contribution in [2.75, 3.05) is 12.3 Å². The van der Waals surface area contributed by atoms with Crippen LogP contribution in [0.15, 0.2) is 70.9 Å². The number of imidazole rings is 1. The minimum atomic E-state index is -0.176. The minimum Gasteiger partial charge on any atom is -0.294 e. The lowest BCUT2D eigenvalue weighted by molar-refractivity contribution is -0.122. The second-order valence-electron chi connectivity index (χ2n) is 7.10. The number of rotatable bonds is 9. The number of aryl methyl sites for hydroxylation is 1. The summed E-state index contributed by atoms with van der Waals surface area (Å²) in [5.41, 5.74) is 1.98. The van der Waals surface area contributed by atoms with Crippen molar-refractivity contribution in [1.29, 1.82) is 0 Å². The van der Waals surface area contributed by atoms with E-state index < -0.39 is 0 Å². The molecule has 2 amide bonds. The van der Waals surface area contributed by atoms with Gasteiger partial charge in [0.1, 0.15) is 5.65 Å². The third-order valence-electron chi connectivity index (χ3n) is 4.99. The van der Waals surface area contributed by atoms with Crippen LogP contribution in [0, 0.1) is 0 Å². The highest BCUT2D eigenvalue weighted by Crippen LogP contribution is 2.31. The number of amides is 2. The molecule has 1 saturated heterocycles. The van der Waals surface area contributed by atoms with Crippen molar-refractivity contribution in [1.82, 2.24) is 14.3 Å². The molecule has 0 unspecified atom stereocenters. The molecule has 2 aromatic heterocycles. The van der Waals surface area contributed by atoms with Crippen LogP contribution in [0.1, 0.15) is 24.8 Å². The quantitative estimate of drug-likeness (QED) is 0.215. The third kappa shape index (κ3) is 5.34. The average molecular weight is 472 g/mol. The van der Waals surface area contributed by atoms with Crippen molar-refractivity contribution in [2.24, 2.45) is 0 Å². The van der Waals surface area contributed by atoms with Crippen LogP contribution >= 0.6 is 35.1 Å². The van der Waals surface area contributed by atoms with E-state index in [0.717, 1.165) is 58.0 Å². The Morgan fingerprint density at radius 2 is 1.97 bits per heavy atom. The van der Waals surface area contributed by atoms with Gasteiger partial charge < -0.3 is 0 Å². The minimum absolute atomic E-state index is 0.176. The number of nitrogens with zero attached hydrogens (tertiary/aromatic N) is 3. The fourth-order valence-corrected chi connectivity index (χ4v) is 5.51. The number of benzene rings is 1. The van der Waals surface area contributed by atoms with Crippen molar-refractivity contribution in [3.8, 4) is 0 Å². The fourth-order valence-electron chi connectivity index (χ4n) is 3.38. The van der Waals surface area contributed by atoms with Crippen LogP contribution in [-0.2, 0) is 11.2 Å². The van der Waals surface area contributed by atoms with Crippen LogP contribution in [0.4, 0.5) is 4.79 Å². The SMILES string of the molecule is O=C1SC(=CCCc2ccccc2Cl)C(=O)N1CCCCSc1cccc2nccn12. The van der Waals surface area contributed by atoms with Crippen LogP contribution in [-0.4, -0.2) is 37.7 Å². The Morgan fingerprint density at radius 3 is 2.84 bits per heavy atom. The van der Waals surface area contributed by atoms with Crippen molar-refractivity contribution < 1.29 is 9.59 Å². The Labute approximate surface area is 194 Å². The second-order valence-corrected chi connectivity index (χ2v) is 9.61. The maximum atomic E-state index is 12.6. The number of imide groups is 1. The summed E-state index contributed by atoms with van der Waals surface area (Å²) in [6, 6.07) is 13.7. The number of carbonyl (C=O) groups excluding carboxylic acids is 2. The molecule has 0 bridgehead atoms. The summed E-state index contributed by atoms with van der Waals surface area (Å²) in [6.45, 7) is 0.461. The van der Waals surface area contributed by atoms with Crippen LogP contribution in [0.3, 0.4) is 0 Å². The molecular weight excluding hydrogens is 450 g/mol. The molecular formula is C23H22ClN3O2S2. The lowest BCUT2D eigenvalue weighted by Gasteiger charge is -2.12. The summed E-state index contributed by atoms with van der Waals surface area (Å²) in [7, 11) is 0. The third-order valence-corrected chi connectivity index (χ3v) is 7.44. The predicted octanol–water partition coefficient (Wildman–Crippen LogP) is 6.07. The molecule has 0 N–H and O–H groups in total. The van der Waals surface area contributed by atoms with E-state index in [2.05, 4.69) is 15.5 Å². The monoisotopic (exact) mass is 471 g/mol. The number of hydrogen-bond donors (Lipinski definition) is 0. The number of fused-ring (bicyclic) bond motifs is 1. The van der Waals surface area contributed by atoms with Gasteiger partial charge >= 0.3 is 0 Å². The van der Waals surface area contributed by atoms with E-state index in [-0.39, 0.29) is 11.1 Å². The first-order chi connectivity index (χ1) is 15.1. The van der Waals surface area contributed by atoms with E-state index >= 15 is 0 Å². The lowest BCUT2D eigenvalue weighted by atomic mass is 10.1. The zero-order valence-electron chi connectivity index (χ0n) is 16.9.